The number of aromatic nitrogens is 2. The smallest absolute Gasteiger partial charge is 0.375 e. The molecule has 0 fully saturated rings. The molecule has 0 saturated heterocycles. The lowest BCUT2D eigenvalue weighted by atomic mass is 10.2. The molecule has 0 saturated carbocycles. The molecule has 0 unspecified atom stereocenters. The average Bonchev–Trinajstić information content (AvgIpc) is 3.39. The highest BCUT2D eigenvalue weighted by atomic mass is 35.5. The Morgan fingerprint density at radius 3 is 2.55 bits per heavy atom. The van der Waals surface area contributed by atoms with Crippen molar-refractivity contribution in [2.75, 3.05) is 0 Å². The molecule has 6 nitrogen and oxygen atoms in total. The first-order valence-electron chi connectivity index (χ1n) is 8.66. The van der Waals surface area contributed by atoms with Gasteiger partial charge in [0.1, 0.15) is 11.6 Å². The molecule has 2 aromatic carbocycles. The molecular formula is C21H14ClFN2O4. The Morgan fingerprint density at radius 2 is 1.79 bits per heavy atom. The van der Waals surface area contributed by atoms with Crippen LogP contribution < -0.4 is 0 Å². The molecule has 146 valence electrons. The van der Waals surface area contributed by atoms with Crippen molar-refractivity contribution < 1.29 is 22.8 Å². The Hall–Kier alpha value is -3.45. The van der Waals surface area contributed by atoms with E-state index in [0.717, 1.165) is 0 Å². The zero-order valence-electron chi connectivity index (χ0n) is 15.1. The van der Waals surface area contributed by atoms with Gasteiger partial charge in [0.15, 0.2) is 6.10 Å². The molecule has 0 spiro atoms. The van der Waals surface area contributed by atoms with Crippen LogP contribution in [0.25, 0.3) is 22.8 Å². The van der Waals surface area contributed by atoms with E-state index >= 15 is 0 Å². The van der Waals surface area contributed by atoms with Crippen molar-refractivity contribution in [3.05, 3.63) is 83.2 Å². The number of esters is 1. The van der Waals surface area contributed by atoms with Crippen LogP contribution in [0.3, 0.4) is 0 Å². The SMILES string of the molecule is C[C@@H](OC(=O)c1ccc(-c2ccccc2Cl)o1)c1nnc(-c2ccc(F)cc2)o1. The highest BCUT2D eigenvalue weighted by Gasteiger charge is 2.22. The summed E-state index contributed by atoms with van der Waals surface area (Å²) < 4.78 is 29.5. The third-order valence-corrected chi connectivity index (χ3v) is 4.44. The highest BCUT2D eigenvalue weighted by molar-refractivity contribution is 6.33. The molecule has 4 rings (SSSR count). The summed E-state index contributed by atoms with van der Waals surface area (Å²) in [7, 11) is 0. The molecule has 2 heterocycles. The fraction of sp³-hybridized carbons (Fsp3) is 0.0952. The summed E-state index contributed by atoms with van der Waals surface area (Å²) in [4.78, 5) is 12.4. The Kier molecular flexibility index (Phi) is 5.14. The van der Waals surface area contributed by atoms with Gasteiger partial charge in [-0.1, -0.05) is 23.7 Å². The van der Waals surface area contributed by atoms with E-state index in [1.54, 1.807) is 31.2 Å². The maximum atomic E-state index is 13.0. The van der Waals surface area contributed by atoms with Gasteiger partial charge in [-0.15, -0.1) is 10.2 Å². The molecular weight excluding hydrogens is 399 g/mol. The van der Waals surface area contributed by atoms with E-state index in [-0.39, 0.29) is 23.4 Å². The number of carbonyl (C=O) groups excluding carboxylic acids is 1. The van der Waals surface area contributed by atoms with Gasteiger partial charge in [-0.2, -0.15) is 0 Å². The van der Waals surface area contributed by atoms with E-state index in [0.29, 0.717) is 21.9 Å². The minimum absolute atomic E-state index is 0.0186. The van der Waals surface area contributed by atoms with Crippen molar-refractivity contribution in [2.45, 2.75) is 13.0 Å². The zero-order valence-corrected chi connectivity index (χ0v) is 15.9. The van der Waals surface area contributed by atoms with Crippen molar-refractivity contribution in [3.8, 4) is 22.8 Å². The summed E-state index contributed by atoms with van der Waals surface area (Å²) in [5.74, 6) is -0.281. The molecule has 8 heteroatoms. The summed E-state index contributed by atoms with van der Waals surface area (Å²) >= 11 is 6.15. The first kappa shape index (κ1) is 18.9. The molecule has 0 aliphatic heterocycles. The molecule has 0 bridgehead atoms. The second-order valence-electron chi connectivity index (χ2n) is 6.14. The van der Waals surface area contributed by atoms with Gasteiger partial charge in [0.2, 0.25) is 11.7 Å². The van der Waals surface area contributed by atoms with Crippen LogP contribution in [-0.2, 0) is 4.74 Å². The Labute approximate surface area is 169 Å². The average molecular weight is 413 g/mol. The molecule has 4 aromatic rings. The molecule has 0 aliphatic rings. The Balaban J connectivity index is 1.46. The number of furan rings is 1. The van der Waals surface area contributed by atoms with Gasteiger partial charge >= 0.3 is 5.97 Å². The molecule has 0 aliphatic carbocycles. The molecule has 0 radical (unpaired) electrons. The van der Waals surface area contributed by atoms with Crippen molar-refractivity contribution in [1.29, 1.82) is 0 Å². The monoisotopic (exact) mass is 412 g/mol. The summed E-state index contributed by atoms with van der Waals surface area (Å²) in [6.45, 7) is 1.60. The van der Waals surface area contributed by atoms with Gasteiger partial charge in [-0.05, 0) is 55.5 Å². The second kappa shape index (κ2) is 7.89. The van der Waals surface area contributed by atoms with Gasteiger partial charge in [0.25, 0.3) is 5.89 Å². The first-order chi connectivity index (χ1) is 14.0. The summed E-state index contributed by atoms with van der Waals surface area (Å²) in [5.41, 5.74) is 1.22. The van der Waals surface area contributed by atoms with Crippen molar-refractivity contribution in [2.24, 2.45) is 0 Å². The fourth-order valence-electron chi connectivity index (χ4n) is 2.63. The zero-order chi connectivity index (χ0) is 20.4. The van der Waals surface area contributed by atoms with Gasteiger partial charge in [0, 0.05) is 11.1 Å². The Morgan fingerprint density at radius 1 is 1.03 bits per heavy atom. The quantitative estimate of drug-likeness (QED) is 0.391. The van der Waals surface area contributed by atoms with Gasteiger partial charge < -0.3 is 13.6 Å². The highest BCUT2D eigenvalue weighted by Crippen LogP contribution is 2.30. The fourth-order valence-corrected chi connectivity index (χ4v) is 2.86. The number of nitrogens with zero attached hydrogens (tertiary/aromatic N) is 2. The summed E-state index contributed by atoms with van der Waals surface area (Å²) in [5, 5.41) is 8.30. The molecule has 0 amide bonds. The standard InChI is InChI=1S/C21H14ClFN2O4/c1-12(19-24-25-20(29-19)13-6-8-14(23)9-7-13)27-21(26)18-11-10-17(28-18)15-4-2-3-5-16(15)22/h2-12H,1H3/t12-/m1/s1. The minimum Gasteiger partial charge on any atom is -0.449 e. The lowest BCUT2D eigenvalue weighted by Crippen LogP contribution is -2.08. The van der Waals surface area contributed by atoms with Crippen LogP contribution in [-0.4, -0.2) is 16.2 Å². The van der Waals surface area contributed by atoms with Crippen LogP contribution in [0.2, 0.25) is 5.02 Å². The lowest BCUT2D eigenvalue weighted by molar-refractivity contribution is 0.0245. The van der Waals surface area contributed by atoms with Gasteiger partial charge in [-0.3, -0.25) is 0 Å². The lowest BCUT2D eigenvalue weighted by Gasteiger charge is -2.07. The van der Waals surface area contributed by atoms with E-state index in [9.17, 15) is 9.18 Å². The summed E-state index contributed by atoms with van der Waals surface area (Å²) in [6, 6.07) is 15.9. The Bertz CT molecular complexity index is 1150. The number of carbonyl (C=O) groups is 1. The normalized spacial score (nSPS) is 12.0. The maximum Gasteiger partial charge on any atom is 0.375 e. The van der Waals surface area contributed by atoms with E-state index in [1.807, 2.05) is 6.07 Å². The largest absolute Gasteiger partial charge is 0.449 e. The maximum absolute atomic E-state index is 13.0. The van der Waals surface area contributed by atoms with E-state index in [1.165, 1.54) is 30.3 Å². The van der Waals surface area contributed by atoms with Crippen molar-refractivity contribution in [3.63, 3.8) is 0 Å². The minimum atomic E-state index is -0.807. The van der Waals surface area contributed by atoms with E-state index < -0.39 is 12.1 Å². The third-order valence-electron chi connectivity index (χ3n) is 4.11. The number of benzene rings is 2. The van der Waals surface area contributed by atoms with Crippen LogP contribution in [0.1, 0.15) is 29.5 Å². The summed E-state index contributed by atoms with van der Waals surface area (Å²) in [6.07, 6.45) is -0.807. The van der Waals surface area contributed by atoms with Crippen LogP contribution >= 0.6 is 11.6 Å². The number of rotatable bonds is 5. The molecule has 0 N–H and O–H groups in total. The van der Waals surface area contributed by atoms with Crippen LogP contribution in [0.15, 0.2) is 69.5 Å². The number of halogens is 2. The van der Waals surface area contributed by atoms with E-state index in [2.05, 4.69) is 10.2 Å². The van der Waals surface area contributed by atoms with Crippen molar-refractivity contribution in [1.82, 2.24) is 10.2 Å². The number of hydrogen-bond donors (Lipinski definition) is 0. The number of hydrogen-bond acceptors (Lipinski definition) is 6. The molecule has 29 heavy (non-hydrogen) atoms. The first-order valence-corrected chi connectivity index (χ1v) is 9.04. The predicted molar refractivity (Wildman–Crippen MR) is 103 cm³/mol. The molecule has 1 atom stereocenters. The van der Waals surface area contributed by atoms with Crippen molar-refractivity contribution >= 4 is 17.6 Å². The molecule has 2 aromatic heterocycles. The van der Waals surface area contributed by atoms with E-state index in [4.69, 9.17) is 25.2 Å². The van der Waals surface area contributed by atoms with Crippen LogP contribution in [0.4, 0.5) is 4.39 Å². The number of ether oxygens (including phenoxy) is 1. The van der Waals surface area contributed by atoms with Gasteiger partial charge in [0.05, 0.1) is 5.02 Å². The predicted octanol–water partition coefficient (Wildman–Crippen LogP) is 5.71. The third kappa shape index (κ3) is 4.05. The van der Waals surface area contributed by atoms with Gasteiger partial charge in [-0.25, -0.2) is 9.18 Å². The topological polar surface area (TPSA) is 78.4 Å². The van der Waals surface area contributed by atoms with Crippen LogP contribution in [0.5, 0.6) is 0 Å². The van der Waals surface area contributed by atoms with Crippen LogP contribution in [0, 0.1) is 5.82 Å². The second-order valence-corrected chi connectivity index (χ2v) is 6.55.